The number of fused-ring (bicyclic) bond motifs is 1. The Bertz CT molecular complexity index is 545. The van der Waals surface area contributed by atoms with Gasteiger partial charge in [0.2, 0.25) is 0 Å². The first-order valence-electron chi connectivity index (χ1n) is 7.13. The molecule has 0 spiro atoms. The van der Waals surface area contributed by atoms with E-state index >= 15 is 0 Å². The average Bonchev–Trinajstić information content (AvgIpc) is 2.68. The van der Waals surface area contributed by atoms with E-state index in [-0.39, 0.29) is 0 Å². The predicted octanol–water partition coefficient (Wildman–Crippen LogP) is 4.23. The zero-order chi connectivity index (χ0) is 13.8. The number of nitrogens with zero attached hydrogens (tertiary/aromatic N) is 1. The van der Waals surface area contributed by atoms with E-state index in [0.29, 0.717) is 12.5 Å². The van der Waals surface area contributed by atoms with E-state index in [0.717, 1.165) is 18.0 Å². The molecule has 1 aromatic carbocycles. The van der Waals surface area contributed by atoms with Gasteiger partial charge in [-0.2, -0.15) is 0 Å². The van der Waals surface area contributed by atoms with Crippen LogP contribution >= 0.6 is 11.6 Å². The molecule has 3 heteroatoms. The van der Waals surface area contributed by atoms with Gasteiger partial charge in [0.05, 0.1) is 0 Å². The Morgan fingerprint density at radius 2 is 2.16 bits per heavy atom. The van der Waals surface area contributed by atoms with Crippen molar-refractivity contribution in [3.63, 3.8) is 0 Å². The van der Waals surface area contributed by atoms with Gasteiger partial charge in [-0.1, -0.05) is 37.9 Å². The lowest BCUT2D eigenvalue weighted by Crippen LogP contribution is -2.06. The highest BCUT2D eigenvalue weighted by atomic mass is 35.5. The SMILES string of the molecule is CCCC(C)Cn1cc(CCN)c2ccc(Cl)cc21. The predicted molar refractivity (Wildman–Crippen MR) is 83.8 cm³/mol. The van der Waals surface area contributed by atoms with Gasteiger partial charge in [-0.05, 0) is 43.0 Å². The fourth-order valence-corrected chi connectivity index (χ4v) is 2.93. The van der Waals surface area contributed by atoms with Crippen LogP contribution in [0.25, 0.3) is 10.9 Å². The Balaban J connectivity index is 2.38. The van der Waals surface area contributed by atoms with Crippen molar-refractivity contribution < 1.29 is 0 Å². The number of aromatic nitrogens is 1. The molecular formula is C16H23ClN2. The topological polar surface area (TPSA) is 30.9 Å². The molecule has 19 heavy (non-hydrogen) atoms. The summed E-state index contributed by atoms with van der Waals surface area (Å²) in [5.41, 5.74) is 8.27. The lowest BCUT2D eigenvalue weighted by Gasteiger charge is -2.12. The van der Waals surface area contributed by atoms with E-state index < -0.39 is 0 Å². The minimum Gasteiger partial charge on any atom is -0.347 e. The van der Waals surface area contributed by atoms with Gasteiger partial charge in [-0.25, -0.2) is 0 Å². The second-order valence-corrected chi connectivity index (χ2v) is 5.84. The highest BCUT2D eigenvalue weighted by Gasteiger charge is 2.10. The Hall–Kier alpha value is -0.990. The number of hydrogen-bond donors (Lipinski definition) is 1. The van der Waals surface area contributed by atoms with E-state index in [9.17, 15) is 0 Å². The molecule has 0 radical (unpaired) electrons. The molecule has 0 amide bonds. The Morgan fingerprint density at radius 3 is 2.84 bits per heavy atom. The molecule has 0 saturated carbocycles. The zero-order valence-electron chi connectivity index (χ0n) is 11.8. The molecule has 2 aromatic rings. The van der Waals surface area contributed by atoms with Gasteiger partial charge in [-0.3, -0.25) is 0 Å². The Morgan fingerprint density at radius 1 is 1.37 bits per heavy atom. The summed E-state index contributed by atoms with van der Waals surface area (Å²) in [5, 5.41) is 2.09. The molecule has 0 saturated heterocycles. The average molecular weight is 279 g/mol. The van der Waals surface area contributed by atoms with E-state index in [4.69, 9.17) is 17.3 Å². The van der Waals surface area contributed by atoms with Crippen molar-refractivity contribution in [2.24, 2.45) is 11.7 Å². The number of hydrogen-bond acceptors (Lipinski definition) is 1. The maximum Gasteiger partial charge on any atom is 0.0498 e. The van der Waals surface area contributed by atoms with E-state index in [2.05, 4.69) is 36.7 Å². The van der Waals surface area contributed by atoms with Crippen LogP contribution in [0.5, 0.6) is 0 Å². The molecule has 1 aromatic heterocycles. The van der Waals surface area contributed by atoms with Gasteiger partial charge in [0.15, 0.2) is 0 Å². The van der Waals surface area contributed by atoms with Crippen LogP contribution in [-0.2, 0) is 13.0 Å². The van der Waals surface area contributed by atoms with Crippen LogP contribution in [0.1, 0.15) is 32.3 Å². The molecule has 0 aliphatic rings. The third-order valence-corrected chi connectivity index (χ3v) is 3.87. The summed E-state index contributed by atoms with van der Waals surface area (Å²) in [7, 11) is 0. The molecule has 0 aliphatic heterocycles. The molecule has 0 aliphatic carbocycles. The minimum atomic E-state index is 0.685. The van der Waals surface area contributed by atoms with Crippen molar-refractivity contribution in [1.82, 2.24) is 4.57 Å². The smallest absolute Gasteiger partial charge is 0.0498 e. The van der Waals surface area contributed by atoms with E-state index in [1.807, 2.05) is 6.07 Å². The third kappa shape index (κ3) is 3.31. The molecule has 104 valence electrons. The molecule has 1 heterocycles. The highest BCUT2D eigenvalue weighted by Crippen LogP contribution is 2.26. The first-order chi connectivity index (χ1) is 9.15. The summed E-state index contributed by atoms with van der Waals surface area (Å²) in [6, 6.07) is 6.14. The van der Waals surface area contributed by atoms with Gasteiger partial charge in [0, 0.05) is 28.7 Å². The van der Waals surface area contributed by atoms with Crippen molar-refractivity contribution in [2.75, 3.05) is 6.54 Å². The summed E-state index contributed by atoms with van der Waals surface area (Å²) < 4.78 is 2.34. The quantitative estimate of drug-likeness (QED) is 0.842. The van der Waals surface area contributed by atoms with Gasteiger partial charge in [0.1, 0.15) is 0 Å². The third-order valence-electron chi connectivity index (χ3n) is 3.63. The van der Waals surface area contributed by atoms with Crippen LogP contribution < -0.4 is 5.73 Å². The van der Waals surface area contributed by atoms with Crippen LogP contribution in [0.3, 0.4) is 0 Å². The summed E-state index contributed by atoms with van der Waals surface area (Å²) >= 11 is 6.14. The number of benzene rings is 1. The van der Waals surface area contributed by atoms with Crippen molar-refractivity contribution >= 4 is 22.5 Å². The number of halogens is 1. The molecular weight excluding hydrogens is 256 g/mol. The molecule has 1 unspecified atom stereocenters. The summed E-state index contributed by atoms with van der Waals surface area (Å²) in [5.74, 6) is 0.685. The molecule has 1 atom stereocenters. The Labute approximate surface area is 120 Å². The minimum absolute atomic E-state index is 0.685. The largest absolute Gasteiger partial charge is 0.347 e. The van der Waals surface area contributed by atoms with Crippen LogP contribution in [0.2, 0.25) is 5.02 Å². The van der Waals surface area contributed by atoms with E-state index in [1.54, 1.807) is 0 Å². The van der Waals surface area contributed by atoms with Gasteiger partial charge in [0.25, 0.3) is 0 Å². The lowest BCUT2D eigenvalue weighted by molar-refractivity contribution is 0.453. The van der Waals surface area contributed by atoms with Gasteiger partial charge >= 0.3 is 0 Å². The number of nitrogens with two attached hydrogens (primary N) is 1. The standard InChI is InChI=1S/C16H23ClN2/c1-3-4-12(2)10-19-11-13(7-8-18)15-6-5-14(17)9-16(15)19/h5-6,9,11-12H,3-4,7-8,10,18H2,1-2H3. The normalized spacial score (nSPS) is 13.1. The first-order valence-corrected chi connectivity index (χ1v) is 7.50. The fourth-order valence-electron chi connectivity index (χ4n) is 2.77. The van der Waals surface area contributed by atoms with Crippen molar-refractivity contribution in [3.05, 3.63) is 35.0 Å². The molecule has 0 fully saturated rings. The zero-order valence-corrected chi connectivity index (χ0v) is 12.6. The van der Waals surface area contributed by atoms with E-state index in [1.165, 1.54) is 29.3 Å². The summed E-state index contributed by atoms with van der Waals surface area (Å²) in [6.45, 7) is 6.28. The van der Waals surface area contributed by atoms with Crippen LogP contribution in [0, 0.1) is 5.92 Å². The highest BCUT2D eigenvalue weighted by molar-refractivity contribution is 6.31. The number of rotatable bonds is 6. The summed E-state index contributed by atoms with van der Waals surface area (Å²) in [6.07, 6.45) is 5.66. The van der Waals surface area contributed by atoms with Crippen LogP contribution in [0.4, 0.5) is 0 Å². The fraction of sp³-hybridized carbons (Fsp3) is 0.500. The maximum atomic E-state index is 6.14. The van der Waals surface area contributed by atoms with Gasteiger partial charge in [-0.15, -0.1) is 0 Å². The van der Waals surface area contributed by atoms with Gasteiger partial charge < -0.3 is 10.3 Å². The van der Waals surface area contributed by atoms with Crippen molar-refractivity contribution in [3.8, 4) is 0 Å². The summed E-state index contributed by atoms with van der Waals surface area (Å²) in [4.78, 5) is 0. The lowest BCUT2D eigenvalue weighted by atomic mass is 10.1. The van der Waals surface area contributed by atoms with Crippen LogP contribution in [-0.4, -0.2) is 11.1 Å². The second kappa shape index (κ2) is 6.44. The second-order valence-electron chi connectivity index (χ2n) is 5.40. The Kier molecular flexibility index (Phi) is 4.89. The molecule has 2 nitrogen and oxygen atoms in total. The molecule has 2 N–H and O–H groups in total. The maximum absolute atomic E-state index is 6.14. The van der Waals surface area contributed by atoms with Crippen LogP contribution in [0.15, 0.2) is 24.4 Å². The molecule has 2 rings (SSSR count). The first kappa shape index (κ1) is 14.4. The van der Waals surface area contributed by atoms with Crippen molar-refractivity contribution in [2.45, 2.75) is 39.7 Å². The van der Waals surface area contributed by atoms with Crippen molar-refractivity contribution in [1.29, 1.82) is 0 Å². The molecule has 0 bridgehead atoms. The monoisotopic (exact) mass is 278 g/mol.